The fraction of sp³-hybridized carbons (Fsp3) is 0.833. The molecule has 0 unspecified atom stereocenters. The van der Waals surface area contributed by atoms with Gasteiger partial charge in [-0.1, -0.05) is 12.8 Å². The van der Waals surface area contributed by atoms with E-state index in [0.717, 1.165) is 0 Å². The zero-order chi connectivity index (χ0) is 21.2. The fourth-order valence-corrected chi connectivity index (χ4v) is 5.89. The van der Waals surface area contributed by atoms with E-state index in [0.29, 0.717) is 6.42 Å². The number of hydrogen-bond acceptors (Lipinski definition) is 9. The van der Waals surface area contributed by atoms with Crippen LogP contribution in [0.4, 0.5) is 0 Å². The molecule has 0 N–H and O–H groups in total. The number of terminal acetylenes is 1. The highest BCUT2D eigenvalue weighted by molar-refractivity contribution is 7.87. The lowest BCUT2D eigenvalue weighted by Gasteiger charge is -2.50. The first kappa shape index (κ1) is 21.3. The number of carbonyl (C=O) groups is 1. The van der Waals surface area contributed by atoms with Crippen molar-refractivity contribution in [2.24, 2.45) is 17.3 Å². The molecule has 4 fully saturated rings. The third-order valence-corrected chi connectivity index (χ3v) is 8.37. The highest BCUT2D eigenvalue weighted by Gasteiger charge is 2.83. The molecule has 2 bridgehead atoms. The quantitative estimate of drug-likeness (QED) is 0.137. The third kappa shape index (κ3) is 2.86. The molecule has 11 heteroatoms. The van der Waals surface area contributed by atoms with Crippen molar-refractivity contribution in [1.29, 1.82) is 0 Å². The van der Waals surface area contributed by atoms with Crippen LogP contribution in [0, 0.1) is 29.6 Å². The Morgan fingerprint density at radius 2 is 2.07 bits per heavy atom. The summed E-state index contributed by atoms with van der Waals surface area (Å²) < 4.78 is 57.1. The summed E-state index contributed by atoms with van der Waals surface area (Å²) in [6.45, 7) is 3.23. The van der Waals surface area contributed by atoms with Gasteiger partial charge in [0.1, 0.15) is 23.7 Å². The molecule has 0 radical (unpaired) electrons. The Labute approximate surface area is 174 Å². The Bertz CT molecular complexity index is 856. The first-order valence-electron chi connectivity index (χ1n) is 9.16. The molecule has 9 nitrogen and oxygen atoms in total. The number of esters is 1. The zero-order valence-electron chi connectivity index (χ0n) is 16.3. The van der Waals surface area contributed by atoms with Gasteiger partial charge in [-0.3, -0.25) is 8.98 Å². The van der Waals surface area contributed by atoms with Gasteiger partial charge in [-0.15, -0.1) is 18.0 Å². The lowest BCUT2D eigenvalue weighted by Crippen LogP contribution is -2.63. The van der Waals surface area contributed by atoms with Gasteiger partial charge in [0.15, 0.2) is 5.60 Å². The Hall–Kier alpha value is -0.930. The van der Waals surface area contributed by atoms with Crippen LogP contribution in [0.1, 0.15) is 20.3 Å². The Balaban J connectivity index is 1.78. The lowest BCUT2D eigenvalue weighted by molar-refractivity contribution is -0.220. The normalized spacial score (nSPS) is 47.7. The van der Waals surface area contributed by atoms with Crippen LogP contribution in [0.15, 0.2) is 0 Å². The molecule has 0 amide bonds. The molecule has 0 aromatic carbocycles. The number of hydrogen-bond donors (Lipinski definition) is 0. The standard InChI is InChI=1S/C18H23ClO9S/c1-5-18-13-12(24-9-23-4)15(28-18)26-14(20)10(7-25-29(21,22)8-19)16(13,2)6-11-17(18,3)27-11/h1,10-13,15H,6-9H2,2-4H3/t10-,11-,12+,13-,15+,16+,17-,18-/m0/s1. The van der Waals surface area contributed by atoms with E-state index in [-0.39, 0.29) is 12.9 Å². The lowest BCUT2D eigenvalue weighted by atomic mass is 9.52. The van der Waals surface area contributed by atoms with Crippen molar-refractivity contribution in [2.75, 3.05) is 25.7 Å². The molecule has 1 saturated carbocycles. The van der Waals surface area contributed by atoms with Crippen LogP contribution >= 0.6 is 11.6 Å². The second-order valence-electron chi connectivity index (χ2n) is 8.25. The summed E-state index contributed by atoms with van der Waals surface area (Å²) in [4.78, 5) is 12.9. The zero-order valence-corrected chi connectivity index (χ0v) is 17.8. The summed E-state index contributed by atoms with van der Waals surface area (Å²) in [5.41, 5.74) is -2.85. The molecule has 4 aliphatic rings. The van der Waals surface area contributed by atoms with Crippen molar-refractivity contribution in [3.05, 3.63) is 0 Å². The molecule has 3 saturated heterocycles. The Kier molecular flexibility index (Phi) is 4.99. The van der Waals surface area contributed by atoms with Crippen molar-refractivity contribution in [3.8, 4) is 12.3 Å². The Morgan fingerprint density at radius 3 is 2.69 bits per heavy atom. The van der Waals surface area contributed by atoms with Gasteiger partial charge in [0, 0.05) is 13.0 Å². The molecule has 29 heavy (non-hydrogen) atoms. The van der Waals surface area contributed by atoms with E-state index in [4.69, 9.17) is 45.9 Å². The molecule has 1 aliphatic carbocycles. The Morgan fingerprint density at radius 1 is 1.34 bits per heavy atom. The maximum absolute atomic E-state index is 12.9. The number of halogens is 1. The van der Waals surface area contributed by atoms with Crippen molar-refractivity contribution >= 4 is 27.7 Å². The van der Waals surface area contributed by atoms with Gasteiger partial charge >= 0.3 is 5.97 Å². The summed E-state index contributed by atoms with van der Waals surface area (Å²) in [7, 11) is -2.51. The number of ether oxygens (including phenoxy) is 5. The SMILES string of the molecule is C#C[C@@]12O[C@H]3OC(=O)[C@H](COS(=O)(=O)CCl)[C@@](C)(C[C@@H]4O[C@@]41C)[C@@H]2[C@H]3OCOC. The molecule has 3 heterocycles. The van der Waals surface area contributed by atoms with Crippen LogP contribution in [-0.4, -0.2) is 69.8 Å². The highest BCUT2D eigenvalue weighted by Crippen LogP contribution is 2.69. The van der Waals surface area contributed by atoms with Gasteiger partial charge < -0.3 is 23.7 Å². The van der Waals surface area contributed by atoms with Crippen LogP contribution in [0.3, 0.4) is 0 Å². The number of epoxide rings is 1. The topological polar surface area (TPSA) is 110 Å². The summed E-state index contributed by atoms with van der Waals surface area (Å²) in [6, 6.07) is 0. The van der Waals surface area contributed by atoms with E-state index < -0.39 is 68.8 Å². The predicted octanol–water partition coefficient (Wildman–Crippen LogP) is 0.603. The smallest absolute Gasteiger partial charge is 0.314 e. The molecule has 8 atom stereocenters. The second kappa shape index (κ2) is 6.79. The van der Waals surface area contributed by atoms with E-state index >= 15 is 0 Å². The van der Waals surface area contributed by atoms with Crippen LogP contribution in [0.5, 0.6) is 0 Å². The second-order valence-corrected chi connectivity index (χ2v) is 10.5. The minimum Gasteiger partial charge on any atom is -0.432 e. The average Bonchev–Trinajstić information content (AvgIpc) is 3.22. The summed E-state index contributed by atoms with van der Waals surface area (Å²) in [5, 5.41) is -0.724. The van der Waals surface area contributed by atoms with Crippen molar-refractivity contribution in [3.63, 3.8) is 0 Å². The van der Waals surface area contributed by atoms with Crippen LogP contribution < -0.4 is 0 Å². The van der Waals surface area contributed by atoms with Crippen LogP contribution in [0.25, 0.3) is 0 Å². The molecule has 0 spiro atoms. The van der Waals surface area contributed by atoms with Crippen LogP contribution in [-0.2, 0) is 42.8 Å². The summed E-state index contributed by atoms with van der Waals surface area (Å²) >= 11 is 5.43. The first-order chi connectivity index (χ1) is 13.6. The number of fused-ring (bicyclic) bond motifs is 3. The van der Waals surface area contributed by atoms with Gasteiger partial charge in [-0.2, -0.15) is 8.42 Å². The maximum atomic E-state index is 12.9. The monoisotopic (exact) mass is 450 g/mol. The average molecular weight is 451 g/mol. The molecular formula is C18H23ClO9S. The molecule has 0 aromatic rings. The van der Waals surface area contributed by atoms with Crippen molar-refractivity contribution < 1.29 is 41.1 Å². The largest absolute Gasteiger partial charge is 0.432 e. The summed E-state index contributed by atoms with van der Waals surface area (Å²) in [5.74, 6) is 0.642. The van der Waals surface area contributed by atoms with Crippen molar-refractivity contribution in [1.82, 2.24) is 0 Å². The minimum absolute atomic E-state index is 0.0574. The minimum atomic E-state index is -3.98. The van der Waals surface area contributed by atoms with Gasteiger partial charge in [0.25, 0.3) is 10.1 Å². The molecule has 162 valence electrons. The van der Waals surface area contributed by atoms with E-state index in [1.165, 1.54) is 7.11 Å². The molecule has 4 rings (SSSR count). The van der Waals surface area contributed by atoms with E-state index in [2.05, 4.69) is 5.92 Å². The predicted molar refractivity (Wildman–Crippen MR) is 97.9 cm³/mol. The fourth-order valence-electron chi connectivity index (χ4n) is 5.29. The molecule has 3 aliphatic heterocycles. The van der Waals surface area contributed by atoms with Crippen LogP contribution in [0.2, 0.25) is 0 Å². The number of methoxy groups -OCH3 is 1. The van der Waals surface area contributed by atoms with Crippen molar-refractivity contribution in [2.45, 2.75) is 50.0 Å². The van der Waals surface area contributed by atoms with E-state index in [9.17, 15) is 13.2 Å². The molecule has 0 aromatic heterocycles. The van der Waals surface area contributed by atoms with Gasteiger partial charge in [0.2, 0.25) is 6.29 Å². The van der Waals surface area contributed by atoms with E-state index in [1.807, 2.05) is 13.8 Å². The third-order valence-electron chi connectivity index (χ3n) is 6.81. The van der Waals surface area contributed by atoms with Gasteiger partial charge in [-0.05, 0) is 18.8 Å². The maximum Gasteiger partial charge on any atom is 0.314 e. The molecular weight excluding hydrogens is 428 g/mol. The highest BCUT2D eigenvalue weighted by atomic mass is 35.5. The summed E-state index contributed by atoms with van der Waals surface area (Å²) in [6.07, 6.45) is 4.35. The van der Waals surface area contributed by atoms with Gasteiger partial charge in [-0.25, -0.2) is 0 Å². The number of rotatable bonds is 7. The number of carbonyl (C=O) groups excluding carboxylic acids is 1. The van der Waals surface area contributed by atoms with E-state index in [1.54, 1.807) is 0 Å². The first-order valence-corrected chi connectivity index (χ1v) is 11.3. The number of alkyl halides is 1. The van der Waals surface area contributed by atoms with Gasteiger partial charge in [0.05, 0.1) is 18.6 Å².